The summed E-state index contributed by atoms with van der Waals surface area (Å²) in [6.07, 6.45) is 0. The fraction of sp³-hybridized carbons (Fsp3) is 0.857. The van der Waals surface area contributed by atoms with Crippen LogP contribution in [0.5, 0.6) is 0 Å². The van der Waals surface area contributed by atoms with Crippen molar-refractivity contribution in [1.29, 1.82) is 0 Å². The minimum Gasteiger partial charge on any atom is -0.380 e. The molecule has 0 aromatic heterocycles. The molecule has 2 heterocycles. The summed E-state index contributed by atoms with van der Waals surface area (Å²) in [7, 11) is 0. The van der Waals surface area contributed by atoms with E-state index < -0.39 is 0 Å². The van der Waals surface area contributed by atoms with Crippen LogP contribution in [0.25, 0.3) is 0 Å². The molecule has 0 aromatic rings. The maximum Gasteiger partial charge on any atom is 0.324 e. The van der Waals surface area contributed by atoms with Crippen molar-refractivity contribution in [1.82, 2.24) is 20.0 Å². The second kappa shape index (κ2) is 7.72. The van der Waals surface area contributed by atoms with Crippen LogP contribution in [0.3, 0.4) is 0 Å². The van der Waals surface area contributed by atoms with E-state index >= 15 is 0 Å². The standard InChI is InChI=1S/C14H26N4O3/c1-3-21-9-8-17-7-6-16(10-12(17)2)11-13(19)18-5-4-15-14(18)20/h12H,3-11H2,1-2H3,(H,15,20)/t12-/m1/s1. The van der Waals surface area contributed by atoms with Crippen molar-refractivity contribution in [3.05, 3.63) is 0 Å². The van der Waals surface area contributed by atoms with Crippen molar-refractivity contribution in [3.8, 4) is 0 Å². The molecule has 3 amide bonds. The first kappa shape index (κ1) is 16.2. The van der Waals surface area contributed by atoms with E-state index in [0.29, 0.717) is 25.7 Å². The number of hydrogen-bond acceptors (Lipinski definition) is 5. The Morgan fingerprint density at radius 1 is 1.38 bits per heavy atom. The lowest BCUT2D eigenvalue weighted by atomic mass is 10.2. The first-order valence-electron chi connectivity index (χ1n) is 7.74. The van der Waals surface area contributed by atoms with E-state index in [1.807, 2.05) is 6.92 Å². The Morgan fingerprint density at radius 2 is 2.19 bits per heavy atom. The highest BCUT2D eigenvalue weighted by molar-refractivity contribution is 5.96. The second-order valence-corrected chi connectivity index (χ2v) is 5.59. The van der Waals surface area contributed by atoms with Crippen LogP contribution in [0.1, 0.15) is 13.8 Å². The number of hydrogen-bond donors (Lipinski definition) is 1. The number of amides is 3. The van der Waals surface area contributed by atoms with Crippen LogP contribution < -0.4 is 5.32 Å². The minimum atomic E-state index is -0.261. The summed E-state index contributed by atoms with van der Waals surface area (Å²) in [4.78, 5) is 29.4. The molecule has 120 valence electrons. The molecule has 0 aliphatic carbocycles. The Balaban J connectivity index is 1.74. The topological polar surface area (TPSA) is 65.1 Å². The number of rotatable bonds is 6. The molecule has 1 atom stereocenters. The summed E-state index contributed by atoms with van der Waals surface area (Å²) in [5, 5.41) is 2.66. The zero-order valence-corrected chi connectivity index (χ0v) is 13.0. The minimum absolute atomic E-state index is 0.0973. The van der Waals surface area contributed by atoms with Crippen LogP contribution in [0.2, 0.25) is 0 Å². The van der Waals surface area contributed by atoms with Gasteiger partial charge in [0.15, 0.2) is 0 Å². The lowest BCUT2D eigenvalue weighted by Gasteiger charge is -2.39. The number of urea groups is 1. The van der Waals surface area contributed by atoms with Gasteiger partial charge in [0.25, 0.3) is 0 Å². The van der Waals surface area contributed by atoms with Gasteiger partial charge >= 0.3 is 6.03 Å². The molecule has 7 heteroatoms. The molecule has 2 saturated heterocycles. The largest absolute Gasteiger partial charge is 0.380 e. The molecule has 7 nitrogen and oxygen atoms in total. The molecule has 2 fully saturated rings. The maximum absolute atomic E-state index is 12.1. The lowest BCUT2D eigenvalue weighted by Crippen LogP contribution is -2.55. The average molecular weight is 298 g/mol. The fourth-order valence-electron chi connectivity index (χ4n) is 2.86. The van der Waals surface area contributed by atoms with Crippen molar-refractivity contribution in [2.45, 2.75) is 19.9 Å². The molecule has 0 unspecified atom stereocenters. The number of carbonyl (C=O) groups is 2. The van der Waals surface area contributed by atoms with Crippen molar-refractivity contribution in [2.24, 2.45) is 0 Å². The number of ether oxygens (including phenoxy) is 1. The third-order valence-corrected chi connectivity index (χ3v) is 4.09. The summed E-state index contributed by atoms with van der Waals surface area (Å²) in [6, 6.07) is 0.141. The van der Waals surface area contributed by atoms with Crippen LogP contribution in [0, 0.1) is 0 Å². The van der Waals surface area contributed by atoms with Crippen molar-refractivity contribution in [2.75, 3.05) is 59.0 Å². The van der Waals surface area contributed by atoms with Gasteiger partial charge in [-0.05, 0) is 13.8 Å². The fourth-order valence-corrected chi connectivity index (χ4v) is 2.86. The van der Waals surface area contributed by atoms with E-state index in [4.69, 9.17) is 4.74 Å². The molecular formula is C14H26N4O3. The first-order chi connectivity index (χ1) is 10.1. The van der Waals surface area contributed by atoms with Crippen LogP contribution in [-0.2, 0) is 9.53 Å². The Bertz CT molecular complexity index is 377. The van der Waals surface area contributed by atoms with Gasteiger partial charge in [-0.15, -0.1) is 0 Å². The van der Waals surface area contributed by atoms with Gasteiger partial charge in [0.1, 0.15) is 0 Å². The third-order valence-electron chi connectivity index (χ3n) is 4.09. The summed E-state index contributed by atoms with van der Waals surface area (Å²) < 4.78 is 5.39. The van der Waals surface area contributed by atoms with Gasteiger partial charge in [-0.2, -0.15) is 0 Å². The van der Waals surface area contributed by atoms with Crippen molar-refractivity contribution >= 4 is 11.9 Å². The molecule has 21 heavy (non-hydrogen) atoms. The smallest absolute Gasteiger partial charge is 0.324 e. The van der Waals surface area contributed by atoms with Gasteiger partial charge in [0.2, 0.25) is 5.91 Å². The van der Waals surface area contributed by atoms with Crippen LogP contribution in [0.4, 0.5) is 4.79 Å². The normalized spacial score (nSPS) is 24.4. The number of nitrogens with one attached hydrogen (secondary N) is 1. The molecule has 1 N–H and O–H groups in total. The molecule has 0 spiro atoms. The van der Waals surface area contributed by atoms with Gasteiger partial charge in [-0.1, -0.05) is 0 Å². The number of piperazine rings is 1. The van der Waals surface area contributed by atoms with E-state index in [1.165, 1.54) is 4.90 Å². The van der Waals surface area contributed by atoms with Crippen LogP contribution in [-0.4, -0.2) is 91.7 Å². The summed E-state index contributed by atoms with van der Waals surface area (Å²) in [6.45, 7) is 10.6. The highest BCUT2D eigenvalue weighted by Crippen LogP contribution is 2.10. The zero-order chi connectivity index (χ0) is 15.2. The van der Waals surface area contributed by atoms with E-state index in [-0.39, 0.29) is 11.9 Å². The first-order valence-corrected chi connectivity index (χ1v) is 7.74. The van der Waals surface area contributed by atoms with Gasteiger partial charge in [0, 0.05) is 51.9 Å². The Labute approximate surface area is 126 Å². The monoisotopic (exact) mass is 298 g/mol. The lowest BCUT2D eigenvalue weighted by molar-refractivity contribution is -0.129. The van der Waals surface area contributed by atoms with Gasteiger partial charge in [0.05, 0.1) is 13.2 Å². The molecule has 2 rings (SSSR count). The van der Waals surface area contributed by atoms with Crippen LogP contribution >= 0.6 is 0 Å². The summed E-state index contributed by atoms with van der Waals surface area (Å²) in [5.41, 5.74) is 0. The SMILES string of the molecule is CCOCCN1CCN(CC(=O)N2CCNC2=O)C[C@H]1C. The highest BCUT2D eigenvalue weighted by atomic mass is 16.5. The van der Waals surface area contributed by atoms with E-state index in [0.717, 1.165) is 39.4 Å². The van der Waals surface area contributed by atoms with Gasteiger partial charge in [-0.3, -0.25) is 19.5 Å². The quantitative estimate of drug-likeness (QED) is 0.675. The average Bonchev–Trinajstić information content (AvgIpc) is 2.88. The number of carbonyl (C=O) groups excluding carboxylic acids is 2. The zero-order valence-electron chi connectivity index (χ0n) is 13.0. The Hall–Kier alpha value is -1.18. The van der Waals surface area contributed by atoms with Gasteiger partial charge < -0.3 is 10.1 Å². The molecule has 0 bridgehead atoms. The van der Waals surface area contributed by atoms with E-state index in [1.54, 1.807) is 0 Å². The molecular weight excluding hydrogens is 272 g/mol. The van der Waals surface area contributed by atoms with Gasteiger partial charge in [-0.25, -0.2) is 4.79 Å². The highest BCUT2D eigenvalue weighted by Gasteiger charge is 2.30. The summed E-state index contributed by atoms with van der Waals surface area (Å²) >= 11 is 0. The molecule has 0 radical (unpaired) electrons. The molecule has 2 aliphatic heterocycles. The second-order valence-electron chi connectivity index (χ2n) is 5.59. The summed E-state index contributed by atoms with van der Waals surface area (Å²) in [5.74, 6) is -0.0973. The Kier molecular flexibility index (Phi) is 5.96. The molecule has 0 saturated carbocycles. The van der Waals surface area contributed by atoms with Crippen molar-refractivity contribution < 1.29 is 14.3 Å². The predicted molar refractivity (Wildman–Crippen MR) is 79.1 cm³/mol. The number of nitrogens with zero attached hydrogens (tertiary/aromatic N) is 3. The van der Waals surface area contributed by atoms with Crippen molar-refractivity contribution in [3.63, 3.8) is 0 Å². The molecule has 2 aliphatic rings. The number of imide groups is 1. The molecule has 0 aromatic carbocycles. The maximum atomic E-state index is 12.1. The van der Waals surface area contributed by atoms with Crippen LogP contribution in [0.15, 0.2) is 0 Å². The van der Waals surface area contributed by atoms with E-state index in [9.17, 15) is 9.59 Å². The third kappa shape index (κ3) is 4.39. The Morgan fingerprint density at radius 3 is 2.81 bits per heavy atom. The van der Waals surface area contributed by atoms with E-state index in [2.05, 4.69) is 22.0 Å². The predicted octanol–water partition coefficient (Wildman–Crippen LogP) is -0.419.